The summed E-state index contributed by atoms with van der Waals surface area (Å²) in [4.78, 5) is 0.455. The van der Waals surface area contributed by atoms with Gasteiger partial charge in [-0.25, -0.2) is 4.39 Å². The van der Waals surface area contributed by atoms with E-state index in [0.29, 0.717) is 21.2 Å². The monoisotopic (exact) mass is 388 g/mol. The van der Waals surface area contributed by atoms with Crippen molar-refractivity contribution in [2.45, 2.75) is 10.6 Å². The van der Waals surface area contributed by atoms with Crippen LogP contribution in [0.4, 0.5) is 4.39 Å². The molecule has 0 heterocycles. The van der Waals surface area contributed by atoms with Crippen molar-refractivity contribution in [1.82, 2.24) is 0 Å². The molecule has 0 spiro atoms. The van der Waals surface area contributed by atoms with Gasteiger partial charge in [0, 0.05) is 21.2 Å². The second kappa shape index (κ2) is 7.15. The molecule has 0 aliphatic heterocycles. The Kier molecular flexibility index (Phi) is 5.50. The summed E-state index contributed by atoms with van der Waals surface area (Å²) in [5, 5.41) is 12.2. The zero-order valence-corrected chi connectivity index (χ0v) is 13.8. The van der Waals surface area contributed by atoms with E-state index < -0.39 is 5.82 Å². The topological polar surface area (TPSA) is 58.6 Å². The molecule has 0 fully saturated rings. The van der Waals surface area contributed by atoms with Gasteiger partial charge in [-0.05, 0) is 39.7 Å². The largest absolute Gasteiger partial charge is 0.409 e. The van der Waals surface area contributed by atoms with Crippen LogP contribution in [-0.2, 0) is 5.75 Å². The van der Waals surface area contributed by atoms with E-state index in [1.807, 2.05) is 18.2 Å². The van der Waals surface area contributed by atoms with Gasteiger partial charge >= 0.3 is 0 Å². The fourth-order valence-corrected chi connectivity index (χ4v) is 3.58. The number of oxime groups is 1. The molecule has 0 amide bonds. The summed E-state index contributed by atoms with van der Waals surface area (Å²) >= 11 is 10.5. The van der Waals surface area contributed by atoms with E-state index in [-0.39, 0.29) is 10.3 Å². The van der Waals surface area contributed by atoms with Crippen LogP contribution in [-0.4, -0.2) is 11.0 Å². The third-order valence-electron chi connectivity index (χ3n) is 2.77. The van der Waals surface area contributed by atoms with E-state index in [4.69, 9.17) is 22.5 Å². The highest BCUT2D eigenvalue weighted by atomic mass is 79.9. The van der Waals surface area contributed by atoms with Gasteiger partial charge in [0.05, 0.1) is 4.47 Å². The minimum Gasteiger partial charge on any atom is -0.409 e. The molecule has 2 aromatic rings. The van der Waals surface area contributed by atoms with Crippen LogP contribution in [0.5, 0.6) is 0 Å². The molecule has 0 aliphatic carbocycles. The maximum atomic E-state index is 14.3. The lowest BCUT2D eigenvalue weighted by Crippen LogP contribution is -2.14. The van der Waals surface area contributed by atoms with Crippen molar-refractivity contribution in [3.8, 4) is 0 Å². The second-order valence-corrected chi connectivity index (χ2v) is 6.32. The number of hydrogen-bond acceptors (Lipinski definition) is 3. The summed E-state index contributed by atoms with van der Waals surface area (Å²) in [6.45, 7) is 0. The van der Waals surface area contributed by atoms with Gasteiger partial charge in [-0.1, -0.05) is 35.0 Å². The predicted octanol–water partition coefficient (Wildman–Crippen LogP) is 4.63. The fourth-order valence-electron chi connectivity index (χ4n) is 1.67. The van der Waals surface area contributed by atoms with Gasteiger partial charge in [-0.3, -0.25) is 0 Å². The van der Waals surface area contributed by atoms with Gasteiger partial charge in [0.1, 0.15) is 0 Å². The molecule has 0 aliphatic rings. The Morgan fingerprint density at radius 1 is 1.33 bits per heavy atom. The summed E-state index contributed by atoms with van der Waals surface area (Å²) in [6.07, 6.45) is 0. The van der Waals surface area contributed by atoms with Gasteiger partial charge in [-0.2, -0.15) is 0 Å². The van der Waals surface area contributed by atoms with Crippen molar-refractivity contribution in [2.24, 2.45) is 10.9 Å². The summed E-state index contributed by atoms with van der Waals surface area (Å²) in [5.41, 5.74) is 6.71. The Morgan fingerprint density at radius 3 is 2.71 bits per heavy atom. The van der Waals surface area contributed by atoms with Crippen molar-refractivity contribution < 1.29 is 9.60 Å². The van der Waals surface area contributed by atoms with Crippen LogP contribution >= 0.6 is 39.3 Å². The highest BCUT2D eigenvalue weighted by Crippen LogP contribution is 2.33. The molecule has 0 radical (unpaired) electrons. The first kappa shape index (κ1) is 16.1. The molecule has 0 saturated heterocycles. The average Bonchev–Trinajstić information content (AvgIpc) is 2.49. The Hall–Kier alpha value is -1.24. The summed E-state index contributed by atoms with van der Waals surface area (Å²) < 4.78 is 14.4. The number of benzene rings is 2. The maximum absolute atomic E-state index is 14.3. The Morgan fingerprint density at radius 2 is 2.05 bits per heavy atom. The molecule has 3 nitrogen and oxygen atoms in total. The van der Waals surface area contributed by atoms with E-state index >= 15 is 0 Å². The number of nitrogens with zero attached hydrogens (tertiary/aromatic N) is 1. The standard InChI is InChI=1S/C14H11BrClFN2OS/c15-12-9(14(18)19-20)5-6-11(13(12)17)21-7-8-3-1-2-4-10(8)16/h1-6,20H,7H2,(H2,18,19). The normalized spacial score (nSPS) is 11.7. The number of halogens is 3. The predicted molar refractivity (Wildman–Crippen MR) is 87.6 cm³/mol. The zero-order valence-electron chi connectivity index (χ0n) is 10.7. The Balaban J connectivity index is 2.22. The number of nitrogens with two attached hydrogens (primary N) is 1. The van der Waals surface area contributed by atoms with Crippen LogP contribution in [0.2, 0.25) is 5.02 Å². The molecule has 110 valence electrons. The SMILES string of the molecule is N/C(=N/O)c1ccc(SCc2ccccc2Cl)c(F)c1Br. The first-order valence-corrected chi connectivity index (χ1v) is 8.02. The third kappa shape index (κ3) is 3.70. The average molecular weight is 390 g/mol. The highest BCUT2D eigenvalue weighted by Gasteiger charge is 2.14. The van der Waals surface area contributed by atoms with Gasteiger partial charge in [-0.15, -0.1) is 11.8 Å². The quantitative estimate of drug-likeness (QED) is 0.263. The molecule has 3 N–H and O–H groups in total. The minimum absolute atomic E-state index is 0.150. The van der Waals surface area contributed by atoms with E-state index in [0.717, 1.165) is 5.56 Å². The van der Waals surface area contributed by atoms with Crippen LogP contribution in [0.1, 0.15) is 11.1 Å². The smallest absolute Gasteiger partial charge is 0.171 e. The first-order chi connectivity index (χ1) is 10.0. The lowest BCUT2D eigenvalue weighted by molar-refractivity contribution is 0.318. The number of thioether (sulfide) groups is 1. The van der Waals surface area contributed by atoms with Crippen molar-refractivity contribution in [3.05, 3.63) is 62.8 Å². The number of rotatable bonds is 4. The minimum atomic E-state index is -0.448. The molecule has 21 heavy (non-hydrogen) atoms. The molecule has 2 aromatic carbocycles. The third-order valence-corrected chi connectivity index (χ3v) is 5.00. The molecular formula is C14H11BrClFN2OS. The summed E-state index contributed by atoms with van der Waals surface area (Å²) in [5.74, 6) is -0.0500. The van der Waals surface area contributed by atoms with Crippen molar-refractivity contribution in [1.29, 1.82) is 0 Å². The van der Waals surface area contributed by atoms with E-state index in [2.05, 4.69) is 21.1 Å². The Bertz CT molecular complexity index is 697. The van der Waals surface area contributed by atoms with E-state index in [9.17, 15) is 4.39 Å². The van der Waals surface area contributed by atoms with Crippen LogP contribution in [0.3, 0.4) is 0 Å². The highest BCUT2D eigenvalue weighted by molar-refractivity contribution is 9.10. The Labute approximate surface area is 139 Å². The summed E-state index contributed by atoms with van der Waals surface area (Å²) in [6, 6.07) is 10.6. The first-order valence-electron chi connectivity index (χ1n) is 5.86. The van der Waals surface area contributed by atoms with Crippen LogP contribution < -0.4 is 5.73 Å². The fraction of sp³-hybridized carbons (Fsp3) is 0.0714. The molecule has 7 heteroatoms. The molecule has 2 rings (SSSR count). The van der Waals surface area contributed by atoms with E-state index in [1.165, 1.54) is 11.8 Å². The maximum Gasteiger partial charge on any atom is 0.171 e. The van der Waals surface area contributed by atoms with Gasteiger partial charge in [0.15, 0.2) is 11.7 Å². The van der Waals surface area contributed by atoms with Gasteiger partial charge in [0.25, 0.3) is 0 Å². The van der Waals surface area contributed by atoms with Crippen molar-refractivity contribution in [2.75, 3.05) is 0 Å². The van der Waals surface area contributed by atoms with Gasteiger partial charge in [0.2, 0.25) is 0 Å². The van der Waals surface area contributed by atoms with Crippen molar-refractivity contribution in [3.63, 3.8) is 0 Å². The van der Waals surface area contributed by atoms with Crippen molar-refractivity contribution >= 4 is 45.1 Å². The van der Waals surface area contributed by atoms with Gasteiger partial charge < -0.3 is 10.9 Å². The van der Waals surface area contributed by atoms with Crippen LogP contribution in [0.25, 0.3) is 0 Å². The molecule has 0 unspecified atom stereocenters. The lowest BCUT2D eigenvalue weighted by atomic mass is 10.2. The molecular weight excluding hydrogens is 379 g/mol. The zero-order chi connectivity index (χ0) is 15.4. The van der Waals surface area contributed by atoms with Crippen LogP contribution in [0.15, 0.2) is 50.9 Å². The number of hydrogen-bond donors (Lipinski definition) is 2. The molecule has 0 atom stereocenters. The molecule has 0 aromatic heterocycles. The second-order valence-electron chi connectivity index (χ2n) is 4.10. The van der Waals surface area contributed by atoms with Crippen LogP contribution in [0, 0.1) is 5.82 Å². The molecule has 0 saturated carbocycles. The summed E-state index contributed by atoms with van der Waals surface area (Å²) in [7, 11) is 0. The van der Waals surface area contributed by atoms with E-state index in [1.54, 1.807) is 18.2 Å². The number of amidine groups is 1. The molecule has 0 bridgehead atoms. The lowest BCUT2D eigenvalue weighted by Gasteiger charge is -2.09.